The van der Waals surface area contributed by atoms with Crippen LogP contribution in [0.5, 0.6) is 0 Å². The number of hydrogen-bond acceptors (Lipinski definition) is 3. The molecule has 5 nitrogen and oxygen atoms in total. The molecule has 2 N–H and O–H groups in total. The molecule has 0 unspecified atom stereocenters. The van der Waals surface area contributed by atoms with Crippen LogP contribution in [-0.4, -0.2) is 25.4 Å². The molecule has 0 aliphatic heterocycles. The Morgan fingerprint density at radius 1 is 0.897 bits per heavy atom. The van der Waals surface area contributed by atoms with E-state index in [4.69, 9.17) is 0 Å². The maximum Gasteiger partial charge on any atom is 0.258 e. The van der Waals surface area contributed by atoms with Gasteiger partial charge in [-0.25, -0.2) is 0 Å². The van der Waals surface area contributed by atoms with Crippen LogP contribution in [0.15, 0.2) is 72.8 Å². The molecule has 0 heterocycles. The Morgan fingerprint density at radius 3 is 2.24 bits per heavy atom. The first-order valence-electron chi connectivity index (χ1n) is 9.48. The summed E-state index contributed by atoms with van der Waals surface area (Å²) in [4.78, 5) is 26.4. The number of amides is 2. The third-order valence-corrected chi connectivity index (χ3v) is 4.69. The number of nitrogens with zero attached hydrogens (tertiary/aromatic N) is 1. The van der Waals surface area contributed by atoms with Crippen LogP contribution < -0.4 is 15.5 Å². The summed E-state index contributed by atoms with van der Waals surface area (Å²) < 4.78 is 0. The zero-order valence-electron chi connectivity index (χ0n) is 16.9. The molecule has 3 aromatic carbocycles. The maximum atomic E-state index is 12.6. The van der Waals surface area contributed by atoms with E-state index in [2.05, 4.69) is 10.6 Å². The van der Waals surface area contributed by atoms with Gasteiger partial charge < -0.3 is 15.5 Å². The number of para-hydroxylation sites is 1. The second-order valence-electron chi connectivity index (χ2n) is 7.00. The van der Waals surface area contributed by atoms with E-state index in [1.165, 1.54) is 0 Å². The fourth-order valence-corrected chi connectivity index (χ4v) is 3.02. The van der Waals surface area contributed by atoms with E-state index < -0.39 is 0 Å². The van der Waals surface area contributed by atoms with Crippen molar-refractivity contribution in [2.75, 3.05) is 29.1 Å². The molecule has 148 valence electrons. The van der Waals surface area contributed by atoms with Crippen molar-refractivity contribution in [2.45, 2.75) is 13.8 Å². The lowest BCUT2D eigenvalue weighted by Gasteiger charge is -2.17. The molecule has 0 fully saturated rings. The zero-order valence-corrected chi connectivity index (χ0v) is 16.9. The first kappa shape index (κ1) is 20.1. The number of hydrogen-bond donors (Lipinski definition) is 2. The minimum atomic E-state index is -0.124. The molecule has 0 saturated heterocycles. The highest BCUT2D eigenvalue weighted by Crippen LogP contribution is 2.18. The van der Waals surface area contributed by atoms with Gasteiger partial charge >= 0.3 is 0 Å². The minimum absolute atomic E-state index is 0.0876. The highest BCUT2D eigenvalue weighted by molar-refractivity contribution is 6.05. The van der Waals surface area contributed by atoms with Crippen molar-refractivity contribution in [3.8, 4) is 0 Å². The average molecular weight is 387 g/mol. The van der Waals surface area contributed by atoms with Gasteiger partial charge in [0.2, 0.25) is 5.91 Å². The molecule has 0 aliphatic carbocycles. The number of aryl methyl sites for hydroxylation is 2. The van der Waals surface area contributed by atoms with Crippen molar-refractivity contribution in [2.24, 2.45) is 0 Å². The van der Waals surface area contributed by atoms with E-state index >= 15 is 0 Å². The first-order chi connectivity index (χ1) is 13.9. The van der Waals surface area contributed by atoms with E-state index in [0.717, 1.165) is 28.2 Å². The minimum Gasteiger partial charge on any atom is -0.376 e. The van der Waals surface area contributed by atoms with Crippen molar-refractivity contribution in [3.63, 3.8) is 0 Å². The Hall–Kier alpha value is -3.60. The summed E-state index contributed by atoms with van der Waals surface area (Å²) >= 11 is 0. The predicted molar refractivity (Wildman–Crippen MR) is 119 cm³/mol. The highest BCUT2D eigenvalue weighted by Gasteiger charge is 2.13. The fourth-order valence-electron chi connectivity index (χ4n) is 3.02. The molecule has 29 heavy (non-hydrogen) atoms. The SMILES string of the molecule is Cc1ccc(NC(=O)CNc2ccc(C(=O)N(C)c3ccccc3)cc2)c(C)c1. The monoisotopic (exact) mass is 387 g/mol. The number of carbonyl (C=O) groups is 2. The Labute approximate surface area is 171 Å². The number of benzene rings is 3. The van der Waals surface area contributed by atoms with Crippen LogP contribution in [0.2, 0.25) is 0 Å². The first-order valence-corrected chi connectivity index (χ1v) is 9.48. The Balaban J connectivity index is 1.56. The van der Waals surface area contributed by atoms with Gasteiger partial charge in [0, 0.05) is 29.7 Å². The average Bonchev–Trinajstić information content (AvgIpc) is 2.74. The van der Waals surface area contributed by atoms with Crippen LogP contribution in [0.25, 0.3) is 0 Å². The van der Waals surface area contributed by atoms with Gasteiger partial charge in [0.05, 0.1) is 6.54 Å². The van der Waals surface area contributed by atoms with E-state index in [-0.39, 0.29) is 18.4 Å². The molecule has 0 radical (unpaired) electrons. The van der Waals surface area contributed by atoms with Gasteiger partial charge in [0.25, 0.3) is 5.91 Å². The molecule has 0 saturated carbocycles. The molecule has 3 rings (SSSR count). The van der Waals surface area contributed by atoms with Crippen molar-refractivity contribution >= 4 is 28.9 Å². The molecule has 0 aliphatic rings. The quantitative estimate of drug-likeness (QED) is 0.648. The Kier molecular flexibility index (Phi) is 6.29. The lowest BCUT2D eigenvalue weighted by molar-refractivity contribution is -0.114. The summed E-state index contributed by atoms with van der Waals surface area (Å²) in [5.74, 6) is -0.212. The summed E-state index contributed by atoms with van der Waals surface area (Å²) in [6, 6.07) is 22.5. The van der Waals surface area contributed by atoms with Crippen molar-refractivity contribution in [1.82, 2.24) is 0 Å². The third kappa shape index (κ3) is 5.23. The van der Waals surface area contributed by atoms with Crippen LogP contribution in [0.3, 0.4) is 0 Å². The van der Waals surface area contributed by atoms with Gasteiger partial charge in [-0.2, -0.15) is 0 Å². The molecule has 2 amide bonds. The topological polar surface area (TPSA) is 61.4 Å². The smallest absolute Gasteiger partial charge is 0.258 e. The molecule has 5 heteroatoms. The van der Waals surface area contributed by atoms with Gasteiger partial charge in [-0.15, -0.1) is 0 Å². The molecule has 0 bridgehead atoms. The van der Waals surface area contributed by atoms with Crippen LogP contribution in [0.1, 0.15) is 21.5 Å². The lowest BCUT2D eigenvalue weighted by Crippen LogP contribution is -2.26. The Bertz CT molecular complexity index is 998. The second kappa shape index (κ2) is 9.06. The normalized spacial score (nSPS) is 10.3. The number of nitrogens with one attached hydrogen (secondary N) is 2. The summed E-state index contributed by atoms with van der Waals surface area (Å²) in [6.07, 6.45) is 0. The second-order valence-corrected chi connectivity index (χ2v) is 7.00. The van der Waals surface area contributed by atoms with Gasteiger partial charge in [-0.1, -0.05) is 35.9 Å². The fraction of sp³-hybridized carbons (Fsp3) is 0.167. The van der Waals surface area contributed by atoms with Crippen molar-refractivity contribution < 1.29 is 9.59 Å². The summed E-state index contributed by atoms with van der Waals surface area (Å²) in [5, 5.41) is 5.99. The molecular formula is C24H25N3O2. The van der Waals surface area contributed by atoms with Gasteiger partial charge in [-0.05, 0) is 61.9 Å². The van der Waals surface area contributed by atoms with E-state index in [0.29, 0.717) is 5.56 Å². The highest BCUT2D eigenvalue weighted by atomic mass is 16.2. The number of carbonyl (C=O) groups excluding carboxylic acids is 2. The van der Waals surface area contributed by atoms with Crippen LogP contribution in [0, 0.1) is 13.8 Å². The van der Waals surface area contributed by atoms with Crippen molar-refractivity contribution in [1.29, 1.82) is 0 Å². The molecular weight excluding hydrogens is 362 g/mol. The maximum absolute atomic E-state index is 12.6. The lowest BCUT2D eigenvalue weighted by atomic mass is 10.1. The van der Waals surface area contributed by atoms with Gasteiger partial charge in [-0.3, -0.25) is 9.59 Å². The number of rotatable bonds is 6. The van der Waals surface area contributed by atoms with Crippen LogP contribution >= 0.6 is 0 Å². The Morgan fingerprint density at radius 2 is 1.59 bits per heavy atom. The largest absolute Gasteiger partial charge is 0.376 e. The number of anilines is 3. The summed E-state index contributed by atoms with van der Waals surface area (Å²) in [7, 11) is 1.75. The summed E-state index contributed by atoms with van der Waals surface area (Å²) in [5.41, 5.74) is 5.20. The molecule has 3 aromatic rings. The van der Waals surface area contributed by atoms with Crippen molar-refractivity contribution in [3.05, 3.63) is 89.5 Å². The van der Waals surface area contributed by atoms with Gasteiger partial charge in [0.1, 0.15) is 0 Å². The molecule has 0 spiro atoms. The zero-order chi connectivity index (χ0) is 20.8. The van der Waals surface area contributed by atoms with E-state index in [1.807, 2.05) is 62.4 Å². The third-order valence-electron chi connectivity index (χ3n) is 4.69. The van der Waals surface area contributed by atoms with Crippen LogP contribution in [0.4, 0.5) is 17.1 Å². The molecule has 0 aromatic heterocycles. The van der Waals surface area contributed by atoms with E-state index in [1.54, 1.807) is 36.2 Å². The summed E-state index contributed by atoms with van der Waals surface area (Å²) in [6.45, 7) is 4.13. The molecule has 0 atom stereocenters. The van der Waals surface area contributed by atoms with Gasteiger partial charge in [0.15, 0.2) is 0 Å². The van der Waals surface area contributed by atoms with Crippen LogP contribution in [-0.2, 0) is 4.79 Å². The standard InChI is InChI=1S/C24H25N3O2/c1-17-9-14-22(18(2)15-17)26-23(28)16-25-20-12-10-19(11-13-20)24(29)27(3)21-7-5-4-6-8-21/h4-15,25H,16H2,1-3H3,(H,26,28). The van der Waals surface area contributed by atoms with E-state index in [9.17, 15) is 9.59 Å². The predicted octanol–water partition coefficient (Wildman–Crippen LogP) is 4.63.